The number of carbonyl (C=O) groups is 3. The third-order valence-corrected chi connectivity index (χ3v) is 4.30. The minimum absolute atomic E-state index is 0.125. The minimum atomic E-state index is -0.645. The second-order valence-electron chi connectivity index (χ2n) is 7.68. The Labute approximate surface area is 184 Å². The van der Waals surface area contributed by atoms with Crippen molar-refractivity contribution in [3.05, 3.63) is 64.1 Å². The number of anilines is 1. The van der Waals surface area contributed by atoms with Crippen LogP contribution in [0.1, 0.15) is 31.9 Å². The molecule has 0 aliphatic carbocycles. The molecule has 0 atom stereocenters. The van der Waals surface area contributed by atoms with Gasteiger partial charge in [-0.1, -0.05) is 40.2 Å². The van der Waals surface area contributed by atoms with Crippen molar-refractivity contribution in [1.82, 2.24) is 10.6 Å². The van der Waals surface area contributed by atoms with E-state index in [0.29, 0.717) is 5.69 Å². The van der Waals surface area contributed by atoms with E-state index < -0.39 is 11.7 Å². The molecular formula is C22H26BrN3O4. The smallest absolute Gasteiger partial charge is 0.408 e. The van der Waals surface area contributed by atoms with Crippen molar-refractivity contribution in [2.75, 3.05) is 11.9 Å². The fourth-order valence-electron chi connectivity index (χ4n) is 2.48. The molecule has 0 spiro atoms. The topological polar surface area (TPSA) is 96.5 Å². The Balaban J connectivity index is 1.79. The monoisotopic (exact) mass is 475 g/mol. The number of benzene rings is 2. The van der Waals surface area contributed by atoms with Crippen LogP contribution in [0.5, 0.6) is 0 Å². The van der Waals surface area contributed by atoms with E-state index in [9.17, 15) is 14.4 Å². The SMILES string of the molecule is CC(C)(C)OC(=O)NCC(=O)NCc1cccc(NC(=O)Cc2ccc(Br)cc2)c1. The van der Waals surface area contributed by atoms with Crippen LogP contribution in [0.15, 0.2) is 53.0 Å². The van der Waals surface area contributed by atoms with Crippen molar-refractivity contribution < 1.29 is 19.1 Å². The van der Waals surface area contributed by atoms with Crippen LogP contribution in [-0.2, 0) is 27.3 Å². The van der Waals surface area contributed by atoms with Gasteiger partial charge in [-0.05, 0) is 56.2 Å². The maximum absolute atomic E-state index is 12.2. The summed E-state index contributed by atoms with van der Waals surface area (Å²) in [6.07, 6.45) is -0.377. The van der Waals surface area contributed by atoms with Crippen molar-refractivity contribution in [3.8, 4) is 0 Å². The van der Waals surface area contributed by atoms with Crippen molar-refractivity contribution in [2.45, 2.75) is 39.3 Å². The van der Waals surface area contributed by atoms with Gasteiger partial charge in [0.25, 0.3) is 0 Å². The van der Waals surface area contributed by atoms with Crippen LogP contribution < -0.4 is 16.0 Å². The molecule has 8 heteroatoms. The molecule has 3 amide bonds. The second-order valence-corrected chi connectivity index (χ2v) is 8.60. The zero-order valence-electron chi connectivity index (χ0n) is 17.3. The summed E-state index contributed by atoms with van der Waals surface area (Å²) in [4.78, 5) is 35.7. The van der Waals surface area contributed by atoms with Gasteiger partial charge in [0.05, 0.1) is 6.42 Å². The van der Waals surface area contributed by atoms with Gasteiger partial charge in [-0.15, -0.1) is 0 Å². The highest BCUT2D eigenvalue weighted by molar-refractivity contribution is 9.10. The molecule has 2 aromatic carbocycles. The number of hydrogen-bond donors (Lipinski definition) is 3. The number of nitrogens with one attached hydrogen (secondary N) is 3. The van der Waals surface area contributed by atoms with Crippen molar-refractivity contribution in [1.29, 1.82) is 0 Å². The zero-order chi connectivity index (χ0) is 22.1. The van der Waals surface area contributed by atoms with Crippen molar-refractivity contribution in [2.24, 2.45) is 0 Å². The molecule has 0 saturated carbocycles. The fourth-order valence-corrected chi connectivity index (χ4v) is 2.75. The predicted octanol–water partition coefficient (Wildman–Crippen LogP) is 3.77. The van der Waals surface area contributed by atoms with E-state index in [1.54, 1.807) is 39.0 Å². The first-order valence-electron chi connectivity index (χ1n) is 9.47. The highest BCUT2D eigenvalue weighted by Gasteiger charge is 2.16. The van der Waals surface area contributed by atoms with Crippen LogP contribution in [0.4, 0.5) is 10.5 Å². The first-order valence-corrected chi connectivity index (χ1v) is 10.3. The average Bonchev–Trinajstić information content (AvgIpc) is 2.65. The van der Waals surface area contributed by atoms with Crippen LogP contribution in [0, 0.1) is 0 Å². The Morgan fingerprint density at radius 1 is 0.933 bits per heavy atom. The van der Waals surface area contributed by atoms with Gasteiger partial charge in [0.15, 0.2) is 0 Å². The molecule has 0 fully saturated rings. The Hall–Kier alpha value is -2.87. The number of halogens is 1. The van der Waals surface area contributed by atoms with Gasteiger partial charge >= 0.3 is 6.09 Å². The van der Waals surface area contributed by atoms with Crippen LogP contribution in [0.25, 0.3) is 0 Å². The molecule has 7 nitrogen and oxygen atoms in total. The van der Waals surface area contributed by atoms with E-state index in [1.165, 1.54) is 0 Å². The predicted molar refractivity (Wildman–Crippen MR) is 119 cm³/mol. The van der Waals surface area contributed by atoms with E-state index >= 15 is 0 Å². The minimum Gasteiger partial charge on any atom is -0.444 e. The number of carbonyl (C=O) groups excluding carboxylic acids is 3. The third-order valence-electron chi connectivity index (χ3n) is 3.77. The van der Waals surface area contributed by atoms with Crippen LogP contribution >= 0.6 is 15.9 Å². The van der Waals surface area contributed by atoms with E-state index in [0.717, 1.165) is 15.6 Å². The lowest BCUT2D eigenvalue weighted by molar-refractivity contribution is -0.120. The Kier molecular flexibility index (Phi) is 8.41. The van der Waals surface area contributed by atoms with Crippen LogP contribution in [-0.4, -0.2) is 30.1 Å². The summed E-state index contributed by atoms with van der Waals surface area (Å²) >= 11 is 3.37. The Bertz CT molecular complexity index is 892. The Morgan fingerprint density at radius 3 is 2.30 bits per heavy atom. The van der Waals surface area contributed by atoms with E-state index in [-0.39, 0.29) is 31.3 Å². The van der Waals surface area contributed by atoms with E-state index in [1.807, 2.05) is 30.3 Å². The largest absolute Gasteiger partial charge is 0.444 e. The van der Waals surface area contributed by atoms with Crippen LogP contribution in [0.3, 0.4) is 0 Å². The molecule has 0 aliphatic rings. The van der Waals surface area contributed by atoms with Crippen molar-refractivity contribution in [3.63, 3.8) is 0 Å². The maximum Gasteiger partial charge on any atom is 0.408 e. The van der Waals surface area contributed by atoms with Gasteiger partial charge in [0, 0.05) is 16.7 Å². The standard InChI is InChI=1S/C22H26BrN3O4/c1-22(2,3)30-21(29)25-14-20(28)24-13-16-5-4-6-18(11-16)26-19(27)12-15-7-9-17(23)10-8-15/h4-11H,12-14H2,1-3H3,(H,24,28)(H,25,29)(H,26,27). The van der Waals surface area contributed by atoms with E-state index in [2.05, 4.69) is 31.9 Å². The molecule has 2 aromatic rings. The number of ether oxygens (including phenoxy) is 1. The molecule has 2 rings (SSSR count). The second kappa shape index (κ2) is 10.8. The number of alkyl carbamates (subject to hydrolysis) is 1. The normalized spacial score (nSPS) is 10.8. The highest BCUT2D eigenvalue weighted by Crippen LogP contribution is 2.14. The molecule has 3 N–H and O–H groups in total. The fraction of sp³-hybridized carbons (Fsp3) is 0.318. The highest BCUT2D eigenvalue weighted by atomic mass is 79.9. The number of hydrogen-bond acceptors (Lipinski definition) is 4. The van der Waals surface area contributed by atoms with Crippen LogP contribution in [0.2, 0.25) is 0 Å². The summed E-state index contributed by atoms with van der Waals surface area (Å²) in [6.45, 7) is 5.33. The summed E-state index contributed by atoms with van der Waals surface area (Å²) in [5, 5.41) is 7.98. The lowest BCUT2D eigenvalue weighted by Crippen LogP contribution is -2.39. The third kappa shape index (κ3) is 9.09. The molecule has 0 heterocycles. The molecule has 0 aromatic heterocycles. The average molecular weight is 476 g/mol. The molecule has 0 radical (unpaired) electrons. The summed E-state index contributed by atoms with van der Waals surface area (Å²) < 4.78 is 6.04. The molecule has 160 valence electrons. The maximum atomic E-state index is 12.2. The summed E-state index contributed by atoms with van der Waals surface area (Å²) in [6, 6.07) is 14.8. The molecule has 0 bridgehead atoms. The summed E-state index contributed by atoms with van der Waals surface area (Å²) in [7, 11) is 0. The molecule has 30 heavy (non-hydrogen) atoms. The van der Waals surface area contributed by atoms with Crippen molar-refractivity contribution >= 4 is 39.5 Å². The molecule has 0 unspecified atom stereocenters. The van der Waals surface area contributed by atoms with E-state index in [4.69, 9.17) is 4.74 Å². The summed E-state index contributed by atoms with van der Waals surface area (Å²) in [5.74, 6) is -0.467. The zero-order valence-corrected chi connectivity index (χ0v) is 18.8. The lowest BCUT2D eigenvalue weighted by Gasteiger charge is -2.19. The van der Waals surface area contributed by atoms with Gasteiger partial charge in [0.2, 0.25) is 11.8 Å². The molecular weight excluding hydrogens is 450 g/mol. The summed E-state index contributed by atoms with van der Waals surface area (Å²) in [5.41, 5.74) is 1.76. The first kappa shape index (κ1) is 23.4. The molecule has 0 aliphatic heterocycles. The quantitative estimate of drug-likeness (QED) is 0.567. The van der Waals surface area contributed by atoms with Gasteiger partial charge in [-0.3, -0.25) is 9.59 Å². The van der Waals surface area contributed by atoms with Gasteiger partial charge in [-0.2, -0.15) is 0 Å². The number of amides is 3. The molecule has 0 saturated heterocycles. The lowest BCUT2D eigenvalue weighted by atomic mass is 10.1. The Morgan fingerprint density at radius 2 is 1.63 bits per heavy atom. The van der Waals surface area contributed by atoms with Gasteiger partial charge in [0.1, 0.15) is 12.1 Å². The first-order chi connectivity index (χ1) is 14.1. The van der Waals surface area contributed by atoms with Gasteiger partial charge < -0.3 is 20.7 Å². The number of rotatable bonds is 7. The van der Waals surface area contributed by atoms with Gasteiger partial charge in [-0.25, -0.2) is 4.79 Å².